The van der Waals surface area contributed by atoms with Gasteiger partial charge in [-0.3, -0.25) is 0 Å². The molecule has 1 heterocycles. The fraction of sp³-hybridized carbons (Fsp3) is 0. The van der Waals surface area contributed by atoms with Crippen molar-refractivity contribution in [2.75, 3.05) is 4.90 Å². The van der Waals surface area contributed by atoms with Crippen LogP contribution in [0.15, 0.2) is 218 Å². The van der Waals surface area contributed by atoms with Crippen LogP contribution in [-0.4, -0.2) is 4.57 Å². The maximum Gasteiger partial charge on any atom is 0.0561 e. The second-order valence-electron chi connectivity index (χ2n) is 13.8. The molecule has 2 heteroatoms. The topological polar surface area (TPSA) is 8.17 Å². The number of fused-ring (bicyclic) bond motifs is 4. The van der Waals surface area contributed by atoms with Crippen molar-refractivity contribution >= 4 is 49.6 Å². The van der Waals surface area contributed by atoms with Gasteiger partial charge in [-0.25, -0.2) is 0 Å². The second kappa shape index (κ2) is 13.4. The van der Waals surface area contributed by atoms with Crippen LogP contribution in [0.2, 0.25) is 0 Å². The molecule has 0 radical (unpaired) electrons. The minimum atomic E-state index is 1.09. The molecular weight excluding hydrogens is 653 g/mol. The molecule has 0 aliphatic heterocycles. The molecule has 0 bridgehead atoms. The van der Waals surface area contributed by atoms with Gasteiger partial charge in [0, 0.05) is 33.4 Å². The average molecular weight is 689 g/mol. The van der Waals surface area contributed by atoms with Gasteiger partial charge in [0.15, 0.2) is 0 Å². The monoisotopic (exact) mass is 688 g/mol. The molecule has 54 heavy (non-hydrogen) atoms. The summed E-state index contributed by atoms with van der Waals surface area (Å²) in [6.07, 6.45) is 0. The van der Waals surface area contributed by atoms with Gasteiger partial charge in [0.1, 0.15) is 0 Å². The highest BCUT2D eigenvalue weighted by molar-refractivity contribution is 6.10. The van der Waals surface area contributed by atoms with Gasteiger partial charge >= 0.3 is 0 Å². The summed E-state index contributed by atoms with van der Waals surface area (Å²) in [5, 5.41) is 4.94. The van der Waals surface area contributed by atoms with E-state index in [1.165, 1.54) is 54.9 Å². The van der Waals surface area contributed by atoms with Gasteiger partial charge in [0.2, 0.25) is 0 Å². The van der Waals surface area contributed by atoms with E-state index in [9.17, 15) is 0 Å². The van der Waals surface area contributed by atoms with E-state index in [1.807, 2.05) is 0 Å². The molecule has 0 amide bonds. The molecule has 0 saturated carbocycles. The average Bonchev–Trinajstić information content (AvgIpc) is 3.58. The Balaban J connectivity index is 1.24. The van der Waals surface area contributed by atoms with E-state index >= 15 is 0 Å². The molecule has 10 rings (SSSR count). The third-order valence-electron chi connectivity index (χ3n) is 10.6. The number of nitrogens with zero attached hydrogens (tertiary/aromatic N) is 2. The number of para-hydroxylation sites is 2. The summed E-state index contributed by atoms with van der Waals surface area (Å²) in [5.41, 5.74) is 13.9. The summed E-state index contributed by atoms with van der Waals surface area (Å²) in [7, 11) is 0. The van der Waals surface area contributed by atoms with Gasteiger partial charge in [-0.15, -0.1) is 0 Å². The van der Waals surface area contributed by atoms with Gasteiger partial charge in [-0.1, -0.05) is 164 Å². The standard InChI is InChI=1S/C52H36N2/c1-4-14-37(15-5-1)39-26-29-45(30-27-39)53(46-31-33-49-48-22-12-13-23-50(48)54(52(49)36-46)44-20-8-3-9-21-44)51-35-43(28-32-47(51)40-17-6-2-7-18-40)42-25-24-38-16-10-11-19-41(38)34-42/h1-36H. The van der Waals surface area contributed by atoms with Crippen LogP contribution < -0.4 is 4.90 Å². The van der Waals surface area contributed by atoms with E-state index in [2.05, 4.69) is 228 Å². The first-order valence-corrected chi connectivity index (χ1v) is 18.5. The quantitative estimate of drug-likeness (QED) is 0.162. The zero-order valence-corrected chi connectivity index (χ0v) is 29.7. The molecule has 0 atom stereocenters. The Kier molecular flexibility index (Phi) is 7.85. The normalized spacial score (nSPS) is 11.3. The van der Waals surface area contributed by atoms with Gasteiger partial charge in [-0.2, -0.15) is 0 Å². The van der Waals surface area contributed by atoms with Crippen LogP contribution >= 0.6 is 0 Å². The Bertz CT molecular complexity index is 2910. The summed E-state index contributed by atoms with van der Waals surface area (Å²) >= 11 is 0. The number of benzene rings is 9. The highest BCUT2D eigenvalue weighted by atomic mass is 15.1. The lowest BCUT2D eigenvalue weighted by Gasteiger charge is -2.29. The maximum absolute atomic E-state index is 2.44. The van der Waals surface area contributed by atoms with Gasteiger partial charge < -0.3 is 9.47 Å². The Hall–Kier alpha value is -7.16. The smallest absolute Gasteiger partial charge is 0.0561 e. The highest BCUT2D eigenvalue weighted by Crippen LogP contribution is 2.45. The predicted molar refractivity (Wildman–Crippen MR) is 229 cm³/mol. The van der Waals surface area contributed by atoms with Crippen LogP contribution in [-0.2, 0) is 0 Å². The largest absolute Gasteiger partial charge is 0.310 e. The minimum absolute atomic E-state index is 1.09. The fourth-order valence-electron chi connectivity index (χ4n) is 7.94. The van der Waals surface area contributed by atoms with Crippen molar-refractivity contribution in [2.45, 2.75) is 0 Å². The lowest BCUT2D eigenvalue weighted by atomic mass is 9.95. The molecule has 1 aromatic heterocycles. The molecule has 254 valence electrons. The van der Waals surface area contributed by atoms with Crippen LogP contribution in [0.4, 0.5) is 17.1 Å². The molecular formula is C52H36N2. The minimum Gasteiger partial charge on any atom is -0.310 e. The van der Waals surface area contributed by atoms with Gasteiger partial charge in [-0.05, 0) is 93.2 Å². The number of rotatable bonds is 7. The van der Waals surface area contributed by atoms with Crippen molar-refractivity contribution in [1.29, 1.82) is 0 Å². The molecule has 0 aliphatic rings. The first kappa shape index (κ1) is 31.6. The molecule has 0 aliphatic carbocycles. The summed E-state index contributed by atoms with van der Waals surface area (Å²) < 4.78 is 2.40. The van der Waals surface area contributed by atoms with E-state index in [0.29, 0.717) is 0 Å². The van der Waals surface area contributed by atoms with Crippen LogP contribution in [0, 0.1) is 0 Å². The van der Waals surface area contributed by atoms with Crippen LogP contribution in [0.3, 0.4) is 0 Å². The molecule has 0 saturated heterocycles. The Morgan fingerprint density at radius 3 is 1.65 bits per heavy atom. The first-order chi connectivity index (χ1) is 26.8. The Morgan fingerprint density at radius 1 is 0.315 bits per heavy atom. The molecule has 0 N–H and O–H groups in total. The molecule has 2 nitrogen and oxygen atoms in total. The number of aromatic nitrogens is 1. The van der Waals surface area contributed by atoms with Crippen LogP contribution in [0.1, 0.15) is 0 Å². The fourth-order valence-corrected chi connectivity index (χ4v) is 7.94. The summed E-state index contributed by atoms with van der Waals surface area (Å²) in [4.78, 5) is 2.44. The number of hydrogen-bond donors (Lipinski definition) is 0. The first-order valence-electron chi connectivity index (χ1n) is 18.5. The Morgan fingerprint density at radius 2 is 0.870 bits per heavy atom. The molecule has 10 aromatic rings. The predicted octanol–water partition coefficient (Wildman–Crippen LogP) is 14.4. The van der Waals surface area contributed by atoms with Gasteiger partial charge in [0.25, 0.3) is 0 Å². The van der Waals surface area contributed by atoms with Crippen molar-refractivity contribution in [2.24, 2.45) is 0 Å². The Labute approximate surface area is 315 Å². The third kappa shape index (κ3) is 5.62. The second-order valence-corrected chi connectivity index (χ2v) is 13.8. The molecule has 0 unspecified atom stereocenters. The summed E-state index contributed by atoms with van der Waals surface area (Å²) in [6.45, 7) is 0. The SMILES string of the molecule is c1ccc(-c2ccc(N(c3ccc4c5ccccc5n(-c5ccccc5)c4c3)c3cc(-c4ccc5ccccc5c4)ccc3-c3ccccc3)cc2)cc1. The van der Waals surface area contributed by atoms with E-state index in [1.54, 1.807) is 0 Å². The van der Waals surface area contributed by atoms with Crippen LogP contribution in [0.25, 0.3) is 71.6 Å². The van der Waals surface area contributed by atoms with E-state index < -0.39 is 0 Å². The molecule has 0 fully saturated rings. The van der Waals surface area contributed by atoms with E-state index in [0.717, 1.165) is 33.8 Å². The lowest BCUT2D eigenvalue weighted by Crippen LogP contribution is -2.11. The number of anilines is 3. The van der Waals surface area contributed by atoms with Crippen molar-refractivity contribution in [3.05, 3.63) is 218 Å². The van der Waals surface area contributed by atoms with Gasteiger partial charge in [0.05, 0.1) is 16.7 Å². The van der Waals surface area contributed by atoms with Crippen molar-refractivity contribution in [3.63, 3.8) is 0 Å². The zero-order valence-electron chi connectivity index (χ0n) is 29.7. The van der Waals surface area contributed by atoms with Crippen molar-refractivity contribution in [3.8, 4) is 39.1 Å². The van der Waals surface area contributed by atoms with E-state index in [4.69, 9.17) is 0 Å². The highest BCUT2D eigenvalue weighted by Gasteiger charge is 2.21. The molecule has 9 aromatic carbocycles. The van der Waals surface area contributed by atoms with Crippen molar-refractivity contribution in [1.82, 2.24) is 4.57 Å². The zero-order chi connectivity index (χ0) is 35.8. The number of hydrogen-bond acceptors (Lipinski definition) is 1. The summed E-state index contributed by atoms with van der Waals surface area (Å²) in [5.74, 6) is 0. The molecule has 0 spiro atoms. The van der Waals surface area contributed by atoms with Crippen LogP contribution in [0.5, 0.6) is 0 Å². The van der Waals surface area contributed by atoms with Crippen molar-refractivity contribution < 1.29 is 0 Å². The third-order valence-corrected chi connectivity index (χ3v) is 10.6. The lowest BCUT2D eigenvalue weighted by molar-refractivity contribution is 1.18. The van der Waals surface area contributed by atoms with E-state index in [-0.39, 0.29) is 0 Å². The maximum atomic E-state index is 2.44. The summed E-state index contributed by atoms with van der Waals surface area (Å²) in [6, 6.07) is 79.0.